The quantitative estimate of drug-likeness (QED) is 0.828. The van der Waals surface area contributed by atoms with Crippen LogP contribution in [0.2, 0.25) is 0 Å². The van der Waals surface area contributed by atoms with Gasteiger partial charge in [0, 0.05) is 31.2 Å². The van der Waals surface area contributed by atoms with Gasteiger partial charge in [0.2, 0.25) is 0 Å². The van der Waals surface area contributed by atoms with E-state index in [1.807, 2.05) is 0 Å². The number of hydrogen-bond donors (Lipinski definition) is 1. The maximum atomic E-state index is 5.97. The Kier molecular flexibility index (Phi) is 5.86. The van der Waals surface area contributed by atoms with Crippen molar-refractivity contribution < 1.29 is 9.47 Å². The second-order valence-electron chi connectivity index (χ2n) is 5.92. The highest BCUT2D eigenvalue weighted by molar-refractivity contribution is 5.36. The van der Waals surface area contributed by atoms with Gasteiger partial charge in [0.25, 0.3) is 0 Å². The van der Waals surface area contributed by atoms with Crippen LogP contribution in [-0.4, -0.2) is 25.4 Å². The molecule has 1 aliphatic heterocycles. The van der Waals surface area contributed by atoms with Crippen LogP contribution in [0.5, 0.6) is 5.75 Å². The Bertz CT molecular complexity index is 411. The summed E-state index contributed by atoms with van der Waals surface area (Å²) >= 11 is 0. The molecule has 1 fully saturated rings. The molecule has 3 heteroatoms. The molecule has 1 aliphatic rings. The predicted molar refractivity (Wildman–Crippen MR) is 82.2 cm³/mol. The van der Waals surface area contributed by atoms with Crippen molar-refractivity contribution in [3.05, 3.63) is 29.3 Å². The summed E-state index contributed by atoms with van der Waals surface area (Å²) < 4.78 is 11.6. The highest BCUT2D eigenvalue weighted by atomic mass is 16.5. The van der Waals surface area contributed by atoms with E-state index in [9.17, 15) is 0 Å². The summed E-state index contributed by atoms with van der Waals surface area (Å²) in [6.45, 7) is 8.95. The molecular weight excluding hydrogens is 250 g/mol. The zero-order chi connectivity index (χ0) is 14.4. The van der Waals surface area contributed by atoms with Gasteiger partial charge in [0.05, 0.1) is 12.7 Å². The Morgan fingerprint density at radius 3 is 2.95 bits per heavy atom. The van der Waals surface area contributed by atoms with E-state index in [1.54, 1.807) is 0 Å². The van der Waals surface area contributed by atoms with Gasteiger partial charge in [0.1, 0.15) is 5.75 Å². The number of nitrogens with one attached hydrogen (secondary N) is 1. The van der Waals surface area contributed by atoms with Gasteiger partial charge < -0.3 is 14.8 Å². The van der Waals surface area contributed by atoms with Crippen molar-refractivity contribution >= 4 is 0 Å². The summed E-state index contributed by atoms with van der Waals surface area (Å²) in [5, 5.41) is 3.46. The Morgan fingerprint density at radius 2 is 2.25 bits per heavy atom. The highest BCUT2D eigenvalue weighted by Gasteiger charge is 2.15. The molecule has 2 rings (SSSR count). The van der Waals surface area contributed by atoms with Gasteiger partial charge in [-0.1, -0.05) is 31.5 Å². The third-order valence-electron chi connectivity index (χ3n) is 3.64. The molecule has 1 heterocycles. The Balaban J connectivity index is 1.88. The van der Waals surface area contributed by atoms with Crippen LogP contribution in [0.3, 0.4) is 0 Å². The van der Waals surface area contributed by atoms with Crippen LogP contribution >= 0.6 is 0 Å². The van der Waals surface area contributed by atoms with E-state index in [1.165, 1.54) is 24.0 Å². The molecule has 20 heavy (non-hydrogen) atoms. The summed E-state index contributed by atoms with van der Waals surface area (Å²) in [7, 11) is 0. The molecule has 1 saturated heterocycles. The van der Waals surface area contributed by atoms with Crippen molar-refractivity contribution in [2.45, 2.75) is 58.7 Å². The summed E-state index contributed by atoms with van der Waals surface area (Å²) in [4.78, 5) is 0. The lowest BCUT2D eigenvalue weighted by Gasteiger charge is -2.16. The van der Waals surface area contributed by atoms with Gasteiger partial charge >= 0.3 is 0 Å². The molecule has 0 saturated carbocycles. The van der Waals surface area contributed by atoms with Crippen LogP contribution < -0.4 is 10.1 Å². The third kappa shape index (κ3) is 4.80. The minimum absolute atomic E-state index is 0.401. The zero-order valence-corrected chi connectivity index (χ0v) is 12.9. The van der Waals surface area contributed by atoms with Gasteiger partial charge in [-0.2, -0.15) is 0 Å². The maximum absolute atomic E-state index is 5.97. The predicted octanol–water partition coefficient (Wildman–Crippen LogP) is 3.44. The molecule has 0 aromatic heterocycles. The van der Waals surface area contributed by atoms with Crippen molar-refractivity contribution in [2.24, 2.45) is 0 Å². The highest BCUT2D eigenvalue weighted by Crippen LogP contribution is 2.22. The first-order valence-electron chi connectivity index (χ1n) is 7.72. The Hall–Kier alpha value is -1.06. The first-order valence-corrected chi connectivity index (χ1v) is 7.72. The van der Waals surface area contributed by atoms with Crippen molar-refractivity contribution in [3.63, 3.8) is 0 Å². The largest absolute Gasteiger partial charge is 0.493 e. The Morgan fingerprint density at radius 1 is 1.40 bits per heavy atom. The van der Waals surface area contributed by atoms with Crippen LogP contribution in [0.4, 0.5) is 0 Å². The van der Waals surface area contributed by atoms with Gasteiger partial charge in [-0.15, -0.1) is 0 Å². The van der Waals surface area contributed by atoms with E-state index in [0.29, 0.717) is 12.1 Å². The van der Waals surface area contributed by atoms with Crippen molar-refractivity contribution in [1.82, 2.24) is 5.32 Å². The van der Waals surface area contributed by atoms with Crippen LogP contribution in [0.1, 0.15) is 44.2 Å². The molecule has 0 aliphatic carbocycles. The summed E-state index contributed by atoms with van der Waals surface area (Å²) in [5.74, 6) is 1.00. The molecule has 1 unspecified atom stereocenters. The normalized spacial score (nSPS) is 18.7. The zero-order valence-electron chi connectivity index (χ0n) is 12.9. The van der Waals surface area contributed by atoms with Gasteiger partial charge in [-0.3, -0.25) is 0 Å². The number of rotatable bonds is 7. The monoisotopic (exact) mass is 277 g/mol. The smallest absolute Gasteiger partial charge is 0.123 e. The standard InChI is InChI=1S/C17H27NO2/c1-13(2)18-12-15-11-14(3)6-7-17(15)20-10-8-16-5-4-9-19-16/h6-7,11,13,16,18H,4-5,8-10,12H2,1-3H3. The minimum atomic E-state index is 0.401. The van der Waals surface area contributed by atoms with E-state index in [2.05, 4.69) is 44.3 Å². The number of ether oxygens (including phenoxy) is 2. The molecule has 1 atom stereocenters. The van der Waals surface area contributed by atoms with Gasteiger partial charge in [-0.25, -0.2) is 0 Å². The molecule has 1 aromatic carbocycles. The second-order valence-corrected chi connectivity index (χ2v) is 5.92. The first-order chi connectivity index (χ1) is 9.65. The van der Waals surface area contributed by atoms with E-state index in [-0.39, 0.29) is 0 Å². The van der Waals surface area contributed by atoms with Crippen molar-refractivity contribution in [1.29, 1.82) is 0 Å². The fraction of sp³-hybridized carbons (Fsp3) is 0.647. The summed E-state index contributed by atoms with van der Waals surface area (Å²) in [6, 6.07) is 6.88. The number of benzene rings is 1. The average Bonchev–Trinajstić information content (AvgIpc) is 2.91. The van der Waals surface area contributed by atoms with Gasteiger partial charge in [0.15, 0.2) is 0 Å². The molecule has 1 N–H and O–H groups in total. The van der Waals surface area contributed by atoms with E-state index >= 15 is 0 Å². The first kappa shape index (κ1) is 15.3. The fourth-order valence-electron chi connectivity index (χ4n) is 2.47. The SMILES string of the molecule is Cc1ccc(OCCC2CCCO2)c(CNC(C)C)c1. The molecule has 0 bridgehead atoms. The molecular formula is C17H27NO2. The third-order valence-corrected chi connectivity index (χ3v) is 3.64. The fourth-order valence-corrected chi connectivity index (χ4v) is 2.47. The van der Waals surface area contributed by atoms with Crippen LogP contribution in [0, 0.1) is 6.92 Å². The summed E-state index contributed by atoms with van der Waals surface area (Å²) in [5.41, 5.74) is 2.52. The lowest BCUT2D eigenvalue weighted by atomic mass is 10.1. The van der Waals surface area contributed by atoms with E-state index in [4.69, 9.17) is 9.47 Å². The molecule has 0 amide bonds. The molecule has 3 nitrogen and oxygen atoms in total. The van der Waals surface area contributed by atoms with Gasteiger partial charge in [-0.05, 0) is 25.8 Å². The van der Waals surface area contributed by atoms with E-state index < -0.39 is 0 Å². The van der Waals surface area contributed by atoms with Crippen molar-refractivity contribution in [3.8, 4) is 5.75 Å². The lowest BCUT2D eigenvalue weighted by molar-refractivity contribution is 0.0902. The average molecular weight is 277 g/mol. The maximum Gasteiger partial charge on any atom is 0.123 e. The number of aryl methyl sites for hydroxylation is 1. The summed E-state index contributed by atoms with van der Waals surface area (Å²) in [6.07, 6.45) is 3.76. The molecule has 112 valence electrons. The van der Waals surface area contributed by atoms with Crippen molar-refractivity contribution in [2.75, 3.05) is 13.2 Å². The molecule has 0 spiro atoms. The van der Waals surface area contributed by atoms with Crippen LogP contribution in [0.15, 0.2) is 18.2 Å². The molecule has 1 aromatic rings. The lowest BCUT2D eigenvalue weighted by Crippen LogP contribution is -2.22. The number of hydrogen-bond acceptors (Lipinski definition) is 3. The minimum Gasteiger partial charge on any atom is -0.493 e. The molecule has 0 radical (unpaired) electrons. The second kappa shape index (κ2) is 7.65. The Labute approximate surface area is 122 Å². The van der Waals surface area contributed by atoms with E-state index in [0.717, 1.165) is 31.9 Å². The topological polar surface area (TPSA) is 30.5 Å². The van der Waals surface area contributed by atoms with Crippen LogP contribution in [-0.2, 0) is 11.3 Å². The van der Waals surface area contributed by atoms with Crippen LogP contribution in [0.25, 0.3) is 0 Å².